The van der Waals surface area contributed by atoms with Crippen LogP contribution in [-0.2, 0) is 9.59 Å². The third kappa shape index (κ3) is 3.99. The Balaban J connectivity index is 1.80. The topological polar surface area (TPSA) is 69.7 Å². The van der Waals surface area contributed by atoms with Crippen LogP contribution in [0.2, 0.25) is 10.0 Å². The van der Waals surface area contributed by atoms with E-state index in [4.69, 9.17) is 23.2 Å². The number of aryl methyl sites for hydroxylation is 1. The van der Waals surface area contributed by atoms with Gasteiger partial charge in [-0.1, -0.05) is 36.2 Å². The van der Waals surface area contributed by atoms with Gasteiger partial charge in [-0.15, -0.1) is 0 Å². The van der Waals surface area contributed by atoms with Crippen molar-refractivity contribution < 1.29 is 14.4 Å². The number of barbiturate groups is 1. The van der Waals surface area contributed by atoms with Crippen molar-refractivity contribution in [3.05, 3.63) is 62.6 Å². The molecule has 0 saturated carbocycles. The van der Waals surface area contributed by atoms with Crippen molar-refractivity contribution in [2.75, 3.05) is 16.3 Å². The smallest absolute Gasteiger partial charge is 0.336 e. The number of amides is 4. The molecule has 2 aromatic rings. The fraction of sp³-hybridized carbons (Fsp3) is 0.346. The number of rotatable bonds is 3. The lowest BCUT2D eigenvalue weighted by atomic mass is 9.79. The molecule has 2 aliphatic rings. The second-order valence-corrected chi connectivity index (χ2v) is 10.2. The van der Waals surface area contributed by atoms with Gasteiger partial charge in [-0.2, -0.15) is 0 Å². The summed E-state index contributed by atoms with van der Waals surface area (Å²) in [5.74, 6) is -1.19. The summed E-state index contributed by atoms with van der Waals surface area (Å²) in [5.41, 5.74) is 4.04. The first-order valence-corrected chi connectivity index (χ1v) is 12.0. The maximum atomic E-state index is 13.3. The van der Waals surface area contributed by atoms with Gasteiger partial charge < -0.3 is 4.90 Å². The molecule has 1 saturated heterocycles. The molecule has 34 heavy (non-hydrogen) atoms. The molecule has 0 bridgehead atoms. The van der Waals surface area contributed by atoms with E-state index >= 15 is 0 Å². The first kappa shape index (κ1) is 24.3. The highest BCUT2D eigenvalue weighted by Gasteiger charge is 2.39. The number of nitrogens with zero attached hydrogens (tertiary/aromatic N) is 2. The molecule has 2 heterocycles. The van der Waals surface area contributed by atoms with Gasteiger partial charge in [0.05, 0.1) is 15.7 Å². The number of nitrogens with one attached hydrogen (secondary N) is 1. The van der Waals surface area contributed by atoms with Gasteiger partial charge in [0.15, 0.2) is 0 Å². The van der Waals surface area contributed by atoms with Gasteiger partial charge in [0.25, 0.3) is 11.8 Å². The van der Waals surface area contributed by atoms with Crippen LogP contribution in [0.3, 0.4) is 0 Å². The molecule has 0 radical (unpaired) electrons. The summed E-state index contributed by atoms with van der Waals surface area (Å²) in [6.07, 6.45) is 2.54. The summed E-state index contributed by atoms with van der Waals surface area (Å²) in [6, 6.07) is 7.94. The Morgan fingerprint density at radius 3 is 2.53 bits per heavy atom. The predicted molar refractivity (Wildman–Crippen MR) is 137 cm³/mol. The Bertz CT molecular complexity index is 1250. The van der Waals surface area contributed by atoms with Gasteiger partial charge >= 0.3 is 6.03 Å². The number of imide groups is 2. The molecule has 0 spiro atoms. The summed E-state index contributed by atoms with van der Waals surface area (Å²) in [7, 11) is 0. The summed E-state index contributed by atoms with van der Waals surface area (Å²) >= 11 is 12.3. The van der Waals surface area contributed by atoms with E-state index in [-0.39, 0.29) is 26.8 Å². The lowest BCUT2D eigenvalue weighted by molar-refractivity contribution is -0.122. The highest BCUT2D eigenvalue weighted by atomic mass is 35.5. The van der Waals surface area contributed by atoms with E-state index in [1.54, 1.807) is 18.2 Å². The van der Waals surface area contributed by atoms with Crippen molar-refractivity contribution >= 4 is 58.5 Å². The first-order chi connectivity index (χ1) is 16.0. The average molecular weight is 500 g/mol. The second kappa shape index (κ2) is 8.75. The van der Waals surface area contributed by atoms with E-state index in [0.717, 1.165) is 29.0 Å². The highest BCUT2D eigenvalue weighted by Crippen LogP contribution is 2.44. The third-order valence-electron chi connectivity index (χ3n) is 6.66. The van der Waals surface area contributed by atoms with Crippen molar-refractivity contribution in [3.8, 4) is 0 Å². The van der Waals surface area contributed by atoms with E-state index in [0.29, 0.717) is 5.92 Å². The summed E-state index contributed by atoms with van der Waals surface area (Å²) < 4.78 is 0. The van der Waals surface area contributed by atoms with Crippen LogP contribution in [0.5, 0.6) is 0 Å². The minimum atomic E-state index is -0.868. The minimum absolute atomic E-state index is 0.0316. The lowest BCUT2D eigenvalue weighted by Gasteiger charge is -2.47. The Hall–Kier alpha value is -2.83. The Labute approximate surface area is 209 Å². The minimum Gasteiger partial charge on any atom is -0.366 e. The van der Waals surface area contributed by atoms with Crippen LogP contribution in [0.4, 0.5) is 16.2 Å². The first-order valence-electron chi connectivity index (χ1n) is 11.2. The molecule has 178 valence electrons. The Morgan fingerprint density at radius 1 is 1.15 bits per heavy atom. The number of carbonyl (C=O) groups is 3. The average Bonchev–Trinajstić information content (AvgIpc) is 2.74. The molecule has 1 unspecified atom stereocenters. The molecule has 4 amide bonds. The number of urea groups is 1. The molecule has 2 aromatic carbocycles. The standard InChI is InChI=1S/C26H27Cl2N3O3/c1-6-30-21-10-14(2)16(11-17(21)15(3)13-26(30,4)5)12-18-23(32)29-25(34)31(24(18)33)20-9-7-8-19(27)22(20)28/h7-12,15H,6,13H2,1-5H3,(H,29,32,34)/b18-12+. The quantitative estimate of drug-likeness (QED) is 0.410. The lowest BCUT2D eigenvalue weighted by Crippen LogP contribution is -2.54. The zero-order valence-corrected chi connectivity index (χ0v) is 21.3. The number of hydrogen-bond donors (Lipinski definition) is 1. The summed E-state index contributed by atoms with van der Waals surface area (Å²) in [5, 5.41) is 2.50. The SMILES string of the molecule is CCN1c2cc(C)c(/C=C3\C(=O)NC(=O)N(c4cccc(Cl)c4Cl)C3=O)cc2C(C)CC1(C)C. The fourth-order valence-electron chi connectivity index (χ4n) is 5.10. The molecule has 4 rings (SSSR count). The summed E-state index contributed by atoms with van der Waals surface area (Å²) in [6.45, 7) is 11.7. The summed E-state index contributed by atoms with van der Waals surface area (Å²) in [4.78, 5) is 41.8. The van der Waals surface area contributed by atoms with Crippen molar-refractivity contribution in [2.45, 2.75) is 52.5 Å². The zero-order chi connectivity index (χ0) is 24.9. The molecule has 1 fully saturated rings. The Morgan fingerprint density at radius 2 is 1.85 bits per heavy atom. The number of carbonyl (C=O) groups excluding carboxylic acids is 3. The van der Waals surface area contributed by atoms with E-state index in [2.05, 4.69) is 44.0 Å². The number of fused-ring (bicyclic) bond motifs is 1. The fourth-order valence-corrected chi connectivity index (χ4v) is 5.48. The molecule has 1 atom stereocenters. The van der Waals surface area contributed by atoms with Crippen LogP contribution in [0.15, 0.2) is 35.9 Å². The van der Waals surface area contributed by atoms with E-state index in [1.165, 1.54) is 17.3 Å². The number of hydrogen-bond acceptors (Lipinski definition) is 4. The molecular weight excluding hydrogens is 473 g/mol. The monoisotopic (exact) mass is 499 g/mol. The van der Waals surface area contributed by atoms with Gasteiger partial charge in [0.1, 0.15) is 5.57 Å². The Kier molecular flexibility index (Phi) is 6.25. The van der Waals surface area contributed by atoms with Gasteiger partial charge in [-0.3, -0.25) is 14.9 Å². The van der Waals surface area contributed by atoms with E-state index in [1.807, 2.05) is 13.0 Å². The maximum absolute atomic E-state index is 13.3. The van der Waals surface area contributed by atoms with Crippen molar-refractivity contribution in [3.63, 3.8) is 0 Å². The van der Waals surface area contributed by atoms with Crippen molar-refractivity contribution in [1.29, 1.82) is 0 Å². The molecule has 2 aliphatic heterocycles. The predicted octanol–water partition coefficient (Wildman–Crippen LogP) is 6.08. The molecule has 8 heteroatoms. The van der Waals surface area contributed by atoms with Crippen LogP contribution in [0.1, 0.15) is 56.7 Å². The molecule has 6 nitrogen and oxygen atoms in total. The third-order valence-corrected chi connectivity index (χ3v) is 7.47. The second-order valence-electron chi connectivity index (χ2n) is 9.46. The maximum Gasteiger partial charge on any atom is 0.336 e. The van der Waals surface area contributed by atoms with Gasteiger partial charge in [0, 0.05) is 17.8 Å². The van der Waals surface area contributed by atoms with Gasteiger partial charge in [0.2, 0.25) is 0 Å². The molecule has 0 aromatic heterocycles. The molecule has 1 N–H and O–H groups in total. The number of benzene rings is 2. The van der Waals surface area contributed by atoms with Crippen molar-refractivity contribution in [1.82, 2.24) is 5.32 Å². The van der Waals surface area contributed by atoms with Crippen molar-refractivity contribution in [2.24, 2.45) is 0 Å². The number of halogens is 2. The van der Waals surface area contributed by atoms with E-state index in [9.17, 15) is 14.4 Å². The van der Waals surface area contributed by atoms with Gasteiger partial charge in [-0.25, -0.2) is 9.69 Å². The van der Waals surface area contributed by atoms with E-state index < -0.39 is 17.8 Å². The zero-order valence-electron chi connectivity index (χ0n) is 19.8. The normalized spacial score (nSPS) is 21.1. The highest BCUT2D eigenvalue weighted by molar-refractivity contribution is 6.46. The number of anilines is 2. The van der Waals surface area contributed by atoms with Crippen LogP contribution in [0, 0.1) is 6.92 Å². The van der Waals surface area contributed by atoms with Gasteiger partial charge in [-0.05, 0) is 87.1 Å². The van der Waals surface area contributed by atoms with Crippen LogP contribution in [0.25, 0.3) is 6.08 Å². The van der Waals surface area contributed by atoms with Crippen LogP contribution < -0.4 is 15.1 Å². The molecular formula is C26H27Cl2N3O3. The van der Waals surface area contributed by atoms with Crippen LogP contribution in [-0.4, -0.2) is 29.9 Å². The van der Waals surface area contributed by atoms with Crippen LogP contribution >= 0.6 is 23.2 Å². The molecule has 0 aliphatic carbocycles. The largest absolute Gasteiger partial charge is 0.366 e.